The summed E-state index contributed by atoms with van der Waals surface area (Å²) in [4.78, 5) is 10.4. The third kappa shape index (κ3) is 3.48. The molecule has 1 aromatic heterocycles. The molecule has 0 aliphatic heterocycles. The predicted molar refractivity (Wildman–Crippen MR) is 81.3 cm³/mol. The first-order valence-electron chi connectivity index (χ1n) is 6.73. The average molecular weight is 282 g/mol. The molecule has 0 radical (unpaired) electrons. The van der Waals surface area contributed by atoms with Gasteiger partial charge in [-0.1, -0.05) is 18.2 Å². The molecule has 2 aromatic rings. The summed E-state index contributed by atoms with van der Waals surface area (Å²) in [5.41, 5.74) is 1.51. The van der Waals surface area contributed by atoms with Gasteiger partial charge in [0, 0.05) is 19.3 Å². The summed E-state index contributed by atoms with van der Waals surface area (Å²) in [7, 11) is 3.60. The molecule has 108 valence electrons. The fraction of sp³-hybridized carbons (Fsp3) is 0.312. The van der Waals surface area contributed by atoms with Gasteiger partial charge in [0.25, 0.3) is 0 Å². The quantitative estimate of drug-likeness (QED) is 0.842. The van der Waals surface area contributed by atoms with Crippen LogP contribution in [0.1, 0.15) is 18.2 Å². The lowest BCUT2D eigenvalue weighted by molar-refractivity contribution is 0.408. The molecular formula is C16H18N4O. The Kier molecular flexibility index (Phi) is 4.72. The van der Waals surface area contributed by atoms with Crippen molar-refractivity contribution in [3.8, 4) is 11.8 Å². The molecule has 0 N–H and O–H groups in total. The van der Waals surface area contributed by atoms with Crippen molar-refractivity contribution in [3.05, 3.63) is 47.8 Å². The summed E-state index contributed by atoms with van der Waals surface area (Å²) in [5.74, 6) is 1.43. The van der Waals surface area contributed by atoms with Crippen LogP contribution < -0.4 is 9.64 Å². The molecule has 5 heteroatoms. The molecule has 0 bridgehead atoms. The van der Waals surface area contributed by atoms with Crippen molar-refractivity contribution in [2.24, 2.45) is 0 Å². The molecule has 0 saturated heterocycles. The maximum absolute atomic E-state index is 8.91. The van der Waals surface area contributed by atoms with Gasteiger partial charge in [-0.3, -0.25) is 0 Å². The molecule has 1 unspecified atom stereocenters. The van der Waals surface area contributed by atoms with E-state index in [-0.39, 0.29) is 6.04 Å². The standard InChI is InChI=1S/C16H18N4O/c1-12(10-13-6-4-5-7-15(13)21-3)20(2)16-18-9-8-14(11-17)19-16/h4-9,12H,10H2,1-3H3. The Hall–Kier alpha value is -2.61. The summed E-state index contributed by atoms with van der Waals surface area (Å²) >= 11 is 0. The van der Waals surface area contributed by atoms with Crippen LogP contribution in [0, 0.1) is 11.3 Å². The zero-order chi connectivity index (χ0) is 15.2. The van der Waals surface area contributed by atoms with E-state index >= 15 is 0 Å². The highest BCUT2D eigenvalue weighted by atomic mass is 16.5. The number of benzene rings is 1. The number of para-hydroxylation sites is 1. The van der Waals surface area contributed by atoms with Gasteiger partial charge in [0.15, 0.2) is 0 Å². The molecule has 0 fully saturated rings. The minimum atomic E-state index is 0.176. The number of methoxy groups -OCH3 is 1. The van der Waals surface area contributed by atoms with E-state index in [4.69, 9.17) is 10.00 Å². The summed E-state index contributed by atoms with van der Waals surface area (Å²) in [6.45, 7) is 2.09. The lowest BCUT2D eigenvalue weighted by atomic mass is 10.1. The molecule has 5 nitrogen and oxygen atoms in total. The Morgan fingerprint density at radius 1 is 1.33 bits per heavy atom. The number of hydrogen-bond donors (Lipinski definition) is 0. The summed E-state index contributed by atoms with van der Waals surface area (Å²) in [6, 6.07) is 11.8. The van der Waals surface area contributed by atoms with Gasteiger partial charge >= 0.3 is 0 Å². The Balaban J connectivity index is 2.15. The molecule has 1 heterocycles. The fourth-order valence-corrected chi connectivity index (χ4v) is 2.10. The predicted octanol–water partition coefficient (Wildman–Crippen LogP) is 2.42. The van der Waals surface area contributed by atoms with Crippen molar-refractivity contribution in [2.75, 3.05) is 19.1 Å². The summed E-state index contributed by atoms with van der Waals surface area (Å²) in [6.07, 6.45) is 2.41. The van der Waals surface area contributed by atoms with Crippen molar-refractivity contribution in [1.82, 2.24) is 9.97 Å². The maximum atomic E-state index is 8.91. The molecule has 0 aliphatic carbocycles. The number of rotatable bonds is 5. The first-order chi connectivity index (χ1) is 10.2. The molecule has 2 rings (SSSR count). The number of nitriles is 1. The smallest absolute Gasteiger partial charge is 0.226 e. The number of likely N-dealkylation sites (N-methyl/N-ethyl adjacent to an activating group) is 1. The Labute approximate surface area is 124 Å². The van der Waals surface area contributed by atoms with Crippen LogP contribution in [-0.2, 0) is 6.42 Å². The van der Waals surface area contributed by atoms with Gasteiger partial charge in [-0.05, 0) is 31.0 Å². The summed E-state index contributed by atoms with van der Waals surface area (Å²) < 4.78 is 5.38. The molecule has 0 saturated carbocycles. The van der Waals surface area contributed by atoms with Gasteiger partial charge in [-0.2, -0.15) is 5.26 Å². The van der Waals surface area contributed by atoms with Crippen LogP contribution in [0.3, 0.4) is 0 Å². The molecule has 1 atom stereocenters. The minimum Gasteiger partial charge on any atom is -0.496 e. The summed E-state index contributed by atoms with van der Waals surface area (Å²) in [5, 5.41) is 8.91. The van der Waals surface area contributed by atoms with E-state index in [1.54, 1.807) is 19.4 Å². The van der Waals surface area contributed by atoms with Crippen LogP contribution >= 0.6 is 0 Å². The highest BCUT2D eigenvalue weighted by Gasteiger charge is 2.15. The maximum Gasteiger partial charge on any atom is 0.226 e. The highest BCUT2D eigenvalue weighted by molar-refractivity contribution is 5.37. The van der Waals surface area contributed by atoms with Crippen LogP contribution in [0.2, 0.25) is 0 Å². The molecule has 0 amide bonds. The lowest BCUT2D eigenvalue weighted by Crippen LogP contribution is -2.32. The van der Waals surface area contributed by atoms with E-state index in [0.29, 0.717) is 11.6 Å². The molecular weight excluding hydrogens is 264 g/mol. The second kappa shape index (κ2) is 6.71. The topological polar surface area (TPSA) is 62.0 Å². The van der Waals surface area contributed by atoms with E-state index in [2.05, 4.69) is 23.0 Å². The average Bonchev–Trinajstić information content (AvgIpc) is 2.54. The molecule has 1 aromatic carbocycles. The Morgan fingerprint density at radius 2 is 2.10 bits per heavy atom. The lowest BCUT2D eigenvalue weighted by Gasteiger charge is -2.25. The molecule has 0 aliphatic rings. The van der Waals surface area contributed by atoms with Crippen molar-refractivity contribution in [2.45, 2.75) is 19.4 Å². The first kappa shape index (κ1) is 14.8. The van der Waals surface area contributed by atoms with E-state index < -0.39 is 0 Å². The first-order valence-corrected chi connectivity index (χ1v) is 6.73. The van der Waals surface area contributed by atoms with Gasteiger partial charge in [0.1, 0.15) is 17.5 Å². The van der Waals surface area contributed by atoms with Gasteiger partial charge < -0.3 is 9.64 Å². The van der Waals surface area contributed by atoms with Gasteiger partial charge in [-0.25, -0.2) is 9.97 Å². The number of nitrogens with zero attached hydrogens (tertiary/aromatic N) is 4. The van der Waals surface area contributed by atoms with Crippen LogP contribution in [0.25, 0.3) is 0 Å². The minimum absolute atomic E-state index is 0.176. The van der Waals surface area contributed by atoms with E-state index in [1.807, 2.05) is 36.2 Å². The van der Waals surface area contributed by atoms with Crippen molar-refractivity contribution >= 4 is 5.95 Å². The van der Waals surface area contributed by atoms with Crippen molar-refractivity contribution in [1.29, 1.82) is 5.26 Å². The fourth-order valence-electron chi connectivity index (χ4n) is 2.10. The van der Waals surface area contributed by atoms with Crippen LogP contribution in [-0.4, -0.2) is 30.2 Å². The van der Waals surface area contributed by atoms with Gasteiger partial charge in [0.05, 0.1) is 7.11 Å². The van der Waals surface area contributed by atoms with E-state index in [1.165, 1.54) is 0 Å². The third-order valence-electron chi connectivity index (χ3n) is 3.44. The number of ether oxygens (including phenoxy) is 1. The van der Waals surface area contributed by atoms with Crippen LogP contribution in [0.15, 0.2) is 36.5 Å². The Bertz CT molecular complexity index is 651. The zero-order valence-corrected chi connectivity index (χ0v) is 12.4. The SMILES string of the molecule is COc1ccccc1CC(C)N(C)c1nccc(C#N)n1. The monoisotopic (exact) mass is 282 g/mol. The van der Waals surface area contributed by atoms with Gasteiger partial charge in [-0.15, -0.1) is 0 Å². The Morgan fingerprint density at radius 3 is 2.81 bits per heavy atom. The normalized spacial score (nSPS) is 11.5. The second-order valence-corrected chi connectivity index (χ2v) is 4.83. The van der Waals surface area contributed by atoms with Crippen molar-refractivity contribution in [3.63, 3.8) is 0 Å². The van der Waals surface area contributed by atoms with Crippen LogP contribution in [0.4, 0.5) is 5.95 Å². The number of aromatic nitrogens is 2. The van der Waals surface area contributed by atoms with E-state index in [0.717, 1.165) is 17.7 Å². The highest BCUT2D eigenvalue weighted by Crippen LogP contribution is 2.21. The number of hydrogen-bond acceptors (Lipinski definition) is 5. The molecule has 21 heavy (non-hydrogen) atoms. The number of anilines is 1. The third-order valence-corrected chi connectivity index (χ3v) is 3.44. The van der Waals surface area contributed by atoms with Gasteiger partial charge in [0.2, 0.25) is 5.95 Å². The second-order valence-electron chi connectivity index (χ2n) is 4.83. The van der Waals surface area contributed by atoms with Crippen LogP contribution in [0.5, 0.6) is 5.75 Å². The van der Waals surface area contributed by atoms with E-state index in [9.17, 15) is 0 Å². The largest absolute Gasteiger partial charge is 0.496 e. The molecule has 0 spiro atoms. The zero-order valence-electron chi connectivity index (χ0n) is 12.4. The van der Waals surface area contributed by atoms with Crippen molar-refractivity contribution < 1.29 is 4.74 Å².